The first kappa shape index (κ1) is 11.9. The first-order chi connectivity index (χ1) is 9.15. The van der Waals surface area contributed by atoms with Crippen molar-refractivity contribution >= 4 is 22.8 Å². The van der Waals surface area contributed by atoms with Crippen molar-refractivity contribution in [3.63, 3.8) is 0 Å². The summed E-state index contributed by atoms with van der Waals surface area (Å²) in [5, 5.41) is 11.0. The Kier molecular flexibility index (Phi) is 2.83. The highest BCUT2D eigenvalue weighted by molar-refractivity contribution is 6.01. The van der Waals surface area contributed by atoms with E-state index in [1.807, 2.05) is 18.2 Å². The number of rotatable bonds is 3. The van der Waals surface area contributed by atoms with Crippen LogP contribution in [0.2, 0.25) is 0 Å². The molecule has 1 aliphatic heterocycles. The molecule has 1 saturated heterocycles. The van der Waals surface area contributed by atoms with Crippen molar-refractivity contribution in [2.45, 2.75) is 18.9 Å². The Morgan fingerprint density at radius 1 is 1.21 bits per heavy atom. The summed E-state index contributed by atoms with van der Waals surface area (Å²) in [6.45, 7) is -0.0442. The quantitative estimate of drug-likeness (QED) is 0.850. The molecule has 5 heteroatoms. The zero-order valence-corrected chi connectivity index (χ0v) is 10.2. The molecule has 0 radical (unpaired) electrons. The number of imide groups is 1. The summed E-state index contributed by atoms with van der Waals surface area (Å²) in [5.74, 6) is -0.103. The van der Waals surface area contributed by atoms with Gasteiger partial charge in [-0.25, -0.2) is 0 Å². The van der Waals surface area contributed by atoms with E-state index in [1.165, 1.54) is 0 Å². The van der Waals surface area contributed by atoms with E-state index in [0.29, 0.717) is 11.3 Å². The monoisotopic (exact) mass is 259 g/mol. The molecular weight excluding hydrogens is 246 g/mol. The Balaban J connectivity index is 1.81. The van der Waals surface area contributed by atoms with E-state index in [9.17, 15) is 14.7 Å². The van der Waals surface area contributed by atoms with Gasteiger partial charge in [-0.15, -0.1) is 0 Å². The number of benzene rings is 1. The Bertz CT molecular complexity index is 597. The number of carbonyl (C=O) groups excluding carboxylic acids is 2. The summed E-state index contributed by atoms with van der Waals surface area (Å²) in [4.78, 5) is 24.1. The topological polar surface area (TPSA) is 70.8 Å². The molecule has 1 aromatic heterocycles. The Morgan fingerprint density at radius 2 is 1.89 bits per heavy atom. The van der Waals surface area contributed by atoms with Gasteiger partial charge in [0.1, 0.15) is 17.4 Å². The standard InChI is InChI=1S/C14H13NO4/c16-10(8-15-13(17)5-6-14(15)18)12-7-9-3-1-2-4-11(9)19-12/h1-4,7,10,16H,5-6,8H2. The second-order valence-corrected chi connectivity index (χ2v) is 4.60. The maximum absolute atomic E-state index is 11.5. The minimum atomic E-state index is -0.988. The molecule has 1 aromatic carbocycles. The van der Waals surface area contributed by atoms with Gasteiger partial charge in [0.15, 0.2) is 0 Å². The molecule has 1 aliphatic rings. The largest absolute Gasteiger partial charge is 0.458 e. The highest BCUT2D eigenvalue weighted by atomic mass is 16.4. The van der Waals surface area contributed by atoms with Crippen LogP contribution >= 0.6 is 0 Å². The van der Waals surface area contributed by atoms with Gasteiger partial charge < -0.3 is 9.52 Å². The Morgan fingerprint density at radius 3 is 2.58 bits per heavy atom. The fourth-order valence-corrected chi connectivity index (χ4v) is 2.26. The first-order valence-electron chi connectivity index (χ1n) is 6.15. The van der Waals surface area contributed by atoms with Crippen molar-refractivity contribution in [3.8, 4) is 0 Å². The van der Waals surface area contributed by atoms with Crippen LogP contribution in [0.25, 0.3) is 11.0 Å². The maximum atomic E-state index is 11.5. The van der Waals surface area contributed by atoms with Crippen LogP contribution in [0.3, 0.4) is 0 Å². The molecule has 1 atom stereocenters. The second kappa shape index (κ2) is 4.51. The van der Waals surface area contributed by atoms with Gasteiger partial charge in [0.05, 0.1) is 6.54 Å². The number of aliphatic hydroxyl groups is 1. The molecule has 0 spiro atoms. The van der Waals surface area contributed by atoms with Gasteiger partial charge in [0.25, 0.3) is 0 Å². The van der Waals surface area contributed by atoms with Crippen molar-refractivity contribution in [2.24, 2.45) is 0 Å². The lowest BCUT2D eigenvalue weighted by Gasteiger charge is -2.16. The number of aliphatic hydroxyl groups excluding tert-OH is 1. The highest BCUT2D eigenvalue weighted by Gasteiger charge is 2.31. The van der Waals surface area contributed by atoms with Crippen LogP contribution in [0.1, 0.15) is 24.7 Å². The number of fused-ring (bicyclic) bond motifs is 1. The van der Waals surface area contributed by atoms with Crippen LogP contribution in [0.15, 0.2) is 34.7 Å². The van der Waals surface area contributed by atoms with E-state index in [-0.39, 0.29) is 31.2 Å². The van der Waals surface area contributed by atoms with Gasteiger partial charge in [-0.1, -0.05) is 18.2 Å². The van der Waals surface area contributed by atoms with Crippen LogP contribution in [0.5, 0.6) is 0 Å². The van der Waals surface area contributed by atoms with E-state index >= 15 is 0 Å². The molecule has 98 valence electrons. The van der Waals surface area contributed by atoms with Crippen LogP contribution in [0.4, 0.5) is 0 Å². The van der Waals surface area contributed by atoms with Gasteiger partial charge in [-0.3, -0.25) is 14.5 Å². The minimum absolute atomic E-state index is 0.0442. The molecule has 0 aliphatic carbocycles. The van der Waals surface area contributed by atoms with Crippen molar-refractivity contribution in [2.75, 3.05) is 6.54 Å². The van der Waals surface area contributed by atoms with Gasteiger partial charge in [0.2, 0.25) is 11.8 Å². The summed E-state index contributed by atoms with van der Waals surface area (Å²) in [6, 6.07) is 9.13. The number of carbonyl (C=O) groups is 2. The molecule has 19 heavy (non-hydrogen) atoms. The molecule has 2 amide bonds. The van der Waals surface area contributed by atoms with Gasteiger partial charge in [-0.05, 0) is 12.1 Å². The molecule has 2 heterocycles. The number of likely N-dealkylation sites (tertiary alicyclic amines) is 1. The highest BCUT2D eigenvalue weighted by Crippen LogP contribution is 2.25. The number of hydrogen-bond acceptors (Lipinski definition) is 4. The predicted octanol–water partition coefficient (Wildman–Crippen LogP) is 1.62. The third-order valence-corrected chi connectivity index (χ3v) is 3.28. The number of furan rings is 1. The predicted molar refractivity (Wildman–Crippen MR) is 67.1 cm³/mol. The summed E-state index contributed by atoms with van der Waals surface area (Å²) < 4.78 is 5.51. The molecule has 1 fully saturated rings. The Labute approximate surface area is 109 Å². The fourth-order valence-electron chi connectivity index (χ4n) is 2.26. The van der Waals surface area contributed by atoms with Crippen molar-refractivity contribution < 1.29 is 19.1 Å². The summed E-state index contributed by atoms with van der Waals surface area (Å²) in [6.07, 6.45) is -0.532. The van der Waals surface area contributed by atoms with Crippen LogP contribution < -0.4 is 0 Å². The van der Waals surface area contributed by atoms with Crippen molar-refractivity contribution in [1.29, 1.82) is 0 Å². The van der Waals surface area contributed by atoms with Crippen LogP contribution in [0, 0.1) is 0 Å². The number of amides is 2. The SMILES string of the molecule is O=C1CCC(=O)N1CC(O)c1cc2ccccc2o1. The van der Waals surface area contributed by atoms with Crippen LogP contribution in [-0.2, 0) is 9.59 Å². The van der Waals surface area contributed by atoms with Crippen molar-refractivity contribution in [1.82, 2.24) is 4.90 Å². The van der Waals surface area contributed by atoms with E-state index in [2.05, 4.69) is 0 Å². The van der Waals surface area contributed by atoms with Crippen LogP contribution in [-0.4, -0.2) is 28.4 Å². The number of β-amino-alcohol motifs (C(OH)–C–C–N with tert-alkyl or cyclic N) is 1. The normalized spacial score (nSPS) is 17.4. The van der Waals surface area contributed by atoms with Gasteiger partial charge in [0, 0.05) is 18.2 Å². The van der Waals surface area contributed by atoms with Crippen molar-refractivity contribution in [3.05, 3.63) is 36.1 Å². The molecule has 0 saturated carbocycles. The number of nitrogens with zero attached hydrogens (tertiary/aromatic N) is 1. The average Bonchev–Trinajstić information content (AvgIpc) is 2.97. The minimum Gasteiger partial charge on any atom is -0.458 e. The van der Waals surface area contributed by atoms with E-state index in [1.54, 1.807) is 12.1 Å². The summed E-state index contributed by atoms with van der Waals surface area (Å²) in [5.41, 5.74) is 0.677. The second-order valence-electron chi connectivity index (χ2n) is 4.60. The smallest absolute Gasteiger partial charge is 0.229 e. The van der Waals surface area contributed by atoms with Gasteiger partial charge in [-0.2, -0.15) is 0 Å². The third-order valence-electron chi connectivity index (χ3n) is 3.28. The lowest BCUT2D eigenvalue weighted by Crippen LogP contribution is -2.33. The van der Waals surface area contributed by atoms with E-state index < -0.39 is 6.10 Å². The average molecular weight is 259 g/mol. The molecule has 3 rings (SSSR count). The molecule has 5 nitrogen and oxygen atoms in total. The number of para-hydroxylation sites is 1. The number of hydrogen-bond donors (Lipinski definition) is 1. The lowest BCUT2D eigenvalue weighted by molar-refractivity contribution is -0.140. The molecule has 0 bridgehead atoms. The molecular formula is C14H13NO4. The zero-order chi connectivity index (χ0) is 13.4. The molecule has 1 N–H and O–H groups in total. The fraction of sp³-hybridized carbons (Fsp3) is 0.286. The van der Waals surface area contributed by atoms with E-state index in [0.717, 1.165) is 10.3 Å². The molecule has 2 aromatic rings. The zero-order valence-electron chi connectivity index (χ0n) is 10.2. The lowest BCUT2D eigenvalue weighted by atomic mass is 10.2. The Hall–Kier alpha value is -2.14. The van der Waals surface area contributed by atoms with E-state index in [4.69, 9.17) is 4.42 Å². The molecule has 1 unspecified atom stereocenters. The third kappa shape index (κ3) is 2.13. The first-order valence-corrected chi connectivity index (χ1v) is 6.15. The summed E-state index contributed by atoms with van der Waals surface area (Å²) >= 11 is 0. The summed E-state index contributed by atoms with van der Waals surface area (Å²) in [7, 11) is 0. The maximum Gasteiger partial charge on any atom is 0.229 e. The van der Waals surface area contributed by atoms with Gasteiger partial charge >= 0.3 is 0 Å².